The molecule has 0 aliphatic carbocycles. The van der Waals surface area contributed by atoms with Crippen LogP contribution in [0.25, 0.3) is 0 Å². The van der Waals surface area contributed by atoms with Crippen molar-refractivity contribution in [1.82, 2.24) is 4.90 Å². The number of ether oxygens (including phenoxy) is 1. The van der Waals surface area contributed by atoms with E-state index in [1.54, 1.807) is 0 Å². The molecule has 2 N–H and O–H groups in total. The van der Waals surface area contributed by atoms with Gasteiger partial charge in [-0.1, -0.05) is 0 Å². The first kappa shape index (κ1) is 18.6. The van der Waals surface area contributed by atoms with Gasteiger partial charge in [0.15, 0.2) is 0 Å². The average molecular weight is 281 g/mol. The molecule has 6 nitrogen and oxygen atoms in total. The fourth-order valence-electron chi connectivity index (χ4n) is 0.367. The number of nitrogens with zero attached hydrogens (tertiary/aromatic N) is 1. The number of carbonyl (C=O) groups excluding carboxylic acids is 1. The minimum Gasteiger partial charge on any atom is -0.434 e. The van der Waals surface area contributed by atoms with Gasteiger partial charge in [-0.25, -0.2) is 4.79 Å². The monoisotopic (exact) mass is 281 g/mol. The van der Waals surface area contributed by atoms with Crippen LogP contribution in [0, 0.1) is 0 Å². The van der Waals surface area contributed by atoms with E-state index in [4.69, 9.17) is 14.4 Å². The van der Waals surface area contributed by atoms with Crippen LogP contribution in [0.3, 0.4) is 0 Å². The molecule has 0 aromatic heterocycles. The Morgan fingerprint density at radius 3 is 1.71 bits per heavy atom. The van der Waals surface area contributed by atoms with Crippen LogP contribution in [0.1, 0.15) is 13.8 Å². The van der Waals surface area contributed by atoms with Crippen LogP contribution in [-0.4, -0.2) is 46.7 Å². The van der Waals surface area contributed by atoms with Gasteiger partial charge in [0, 0.05) is 14.1 Å². The number of halogens is 3. The smallest absolute Gasteiger partial charge is 0.427 e. The van der Waals surface area contributed by atoms with Gasteiger partial charge in [-0.15, -0.1) is 0 Å². The maximum atomic E-state index is 12.2. The van der Waals surface area contributed by atoms with E-state index in [0.717, 1.165) is 18.7 Å². The summed E-state index contributed by atoms with van der Waals surface area (Å²) in [5.74, 6) is 0. The van der Waals surface area contributed by atoms with Crippen LogP contribution in [0.5, 0.6) is 0 Å². The van der Waals surface area contributed by atoms with Crippen LogP contribution in [0.2, 0.25) is 0 Å². The van der Waals surface area contributed by atoms with E-state index >= 15 is 0 Å². The second-order valence-electron chi connectivity index (χ2n) is 3.55. The molecule has 0 saturated carbocycles. The van der Waals surface area contributed by atoms with Gasteiger partial charge < -0.3 is 19.4 Å². The molecule has 0 aliphatic heterocycles. The van der Waals surface area contributed by atoms with Crippen molar-refractivity contribution in [3.8, 4) is 0 Å². The molecule has 0 radical (unpaired) electrons. The Morgan fingerprint density at radius 1 is 1.24 bits per heavy atom. The predicted octanol–water partition coefficient (Wildman–Crippen LogP) is 1.39. The number of hydrogen-bond acceptors (Lipinski definition) is 3. The van der Waals surface area contributed by atoms with Crippen molar-refractivity contribution >= 4 is 14.3 Å². The lowest BCUT2D eigenvalue weighted by Crippen LogP contribution is -2.45. The van der Waals surface area contributed by atoms with Crippen LogP contribution in [0.15, 0.2) is 0 Å². The third kappa shape index (κ3) is 8.96. The normalized spacial score (nSPS) is 11.6. The summed E-state index contributed by atoms with van der Waals surface area (Å²) in [6.07, 6.45) is -5.57. The van der Waals surface area contributed by atoms with E-state index in [9.17, 15) is 18.0 Å². The predicted molar refractivity (Wildman–Crippen MR) is 53.7 cm³/mol. The first-order chi connectivity index (χ1) is 7.31. The molecule has 104 valence electrons. The summed E-state index contributed by atoms with van der Waals surface area (Å²) in [5.41, 5.74) is -2.45. The zero-order valence-electron chi connectivity index (χ0n) is 9.70. The number of alkyl halides is 3. The van der Waals surface area contributed by atoms with E-state index < -0.39 is 26.1 Å². The molecule has 0 atom stereocenters. The van der Waals surface area contributed by atoms with E-state index in [1.807, 2.05) is 0 Å². The molecule has 0 aromatic carbocycles. The van der Waals surface area contributed by atoms with Crippen LogP contribution < -0.4 is 0 Å². The molecular weight excluding hydrogens is 266 g/mol. The van der Waals surface area contributed by atoms with Crippen molar-refractivity contribution in [3.63, 3.8) is 0 Å². The molecule has 0 spiro atoms. The molecule has 0 fully saturated rings. The molecule has 10 heteroatoms. The zero-order chi connectivity index (χ0) is 14.4. The Balaban J connectivity index is 0. The van der Waals surface area contributed by atoms with Crippen LogP contribution in [-0.2, 0) is 9.30 Å². The standard InChI is InChI=1S/C7H12F3NO2.H3O3P/c1-6(2,7(8,9)10)13-5(12)11(3)4;1-4(2)3/h1-4H3;4H,(H2,1,2,3). The van der Waals surface area contributed by atoms with E-state index in [-0.39, 0.29) is 0 Å². The van der Waals surface area contributed by atoms with Gasteiger partial charge >= 0.3 is 20.5 Å². The highest BCUT2D eigenvalue weighted by molar-refractivity contribution is 7.30. The Labute approximate surface area is 96.9 Å². The average Bonchev–Trinajstić information content (AvgIpc) is 1.99. The molecule has 0 aromatic rings. The largest absolute Gasteiger partial charge is 0.434 e. The number of carbonyl (C=O) groups is 1. The van der Waals surface area contributed by atoms with Crippen molar-refractivity contribution in [3.05, 3.63) is 0 Å². The summed E-state index contributed by atoms with van der Waals surface area (Å²) in [6.45, 7) is 1.60. The first-order valence-electron chi connectivity index (χ1n) is 4.20. The van der Waals surface area contributed by atoms with Gasteiger partial charge in [-0.05, 0) is 13.8 Å². The highest BCUT2D eigenvalue weighted by Crippen LogP contribution is 2.33. The minimum absolute atomic E-state index is 0.800. The molecule has 0 aliphatic rings. The van der Waals surface area contributed by atoms with E-state index in [2.05, 4.69) is 4.74 Å². The Kier molecular flexibility index (Phi) is 7.46. The fraction of sp³-hybridized carbons (Fsp3) is 0.857. The molecule has 0 bridgehead atoms. The quantitative estimate of drug-likeness (QED) is 0.709. The summed E-state index contributed by atoms with van der Waals surface area (Å²) in [7, 11) is -0.501. The summed E-state index contributed by atoms with van der Waals surface area (Å²) in [4.78, 5) is 26.1. The highest BCUT2D eigenvalue weighted by Gasteiger charge is 2.51. The summed E-state index contributed by atoms with van der Waals surface area (Å²) in [6, 6.07) is 0. The molecule has 0 unspecified atom stereocenters. The second-order valence-corrected chi connectivity index (χ2v) is 4.12. The Morgan fingerprint density at radius 2 is 1.53 bits per heavy atom. The lowest BCUT2D eigenvalue weighted by molar-refractivity contribution is -0.245. The lowest BCUT2D eigenvalue weighted by atomic mass is 10.1. The van der Waals surface area contributed by atoms with Crippen molar-refractivity contribution < 1.29 is 37.1 Å². The lowest BCUT2D eigenvalue weighted by Gasteiger charge is -2.28. The number of hydrogen-bond donors (Lipinski definition) is 2. The third-order valence-corrected chi connectivity index (χ3v) is 1.39. The maximum absolute atomic E-state index is 12.2. The summed E-state index contributed by atoms with van der Waals surface area (Å²) < 4.78 is 49.5. The molecule has 0 rings (SSSR count). The molecule has 17 heavy (non-hydrogen) atoms. The SMILES string of the molecule is CN(C)C(=O)OC(C)(C)C(F)(F)F.O=[PH](O)O. The fourth-order valence-corrected chi connectivity index (χ4v) is 0.367. The van der Waals surface area contributed by atoms with Crippen molar-refractivity contribution in [2.24, 2.45) is 0 Å². The molecule has 0 saturated heterocycles. The third-order valence-electron chi connectivity index (χ3n) is 1.39. The van der Waals surface area contributed by atoms with Gasteiger partial charge in [-0.3, -0.25) is 4.57 Å². The van der Waals surface area contributed by atoms with E-state index in [0.29, 0.717) is 0 Å². The van der Waals surface area contributed by atoms with E-state index in [1.165, 1.54) is 14.1 Å². The molecule has 0 heterocycles. The zero-order valence-corrected chi connectivity index (χ0v) is 10.7. The first-order valence-corrected chi connectivity index (χ1v) is 5.50. The van der Waals surface area contributed by atoms with Crippen LogP contribution >= 0.6 is 8.25 Å². The number of amides is 1. The number of rotatable bonds is 1. The van der Waals surface area contributed by atoms with Gasteiger partial charge in [0.2, 0.25) is 5.60 Å². The van der Waals surface area contributed by atoms with Crippen molar-refractivity contribution in [2.45, 2.75) is 25.6 Å². The topological polar surface area (TPSA) is 87.1 Å². The van der Waals surface area contributed by atoms with Crippen molar-refractivity contribution in [1.29, 1.82) is 0 Å². The summed E-state index contributed by atoms with van der Waals surface area (Å²) >= 11 is 0. The minimum atomic E-state index is -4.56. The maximum Gasteiger partial charge on any atom is 0.427 e. The Bertz CT molecular complexity index is 275. The van der Waals surface area contributed by atoms with Gasteiger partial charge in [0.25, 0.3) is 0 Å². The van der Waals surface area contributed by atoms with Crippen LogP contribution in [0.4, 0.5) is 18.0 Å². The highest BCUT2D eigenvalue weighted by atomic mass is 31.1. The van der Waals surface area contributed by atoms with Crippen molar-refractivity contribution in [2.75, 3.05) is 14.1 Å². The van der Waals surface area contributed by atoms with Gasteiger partial charge in [-0.2, -0.15) is 13.2 Å². The summed E-state index contributed by atoms with van der Waals surface area (Å²) in [5, 5.41) is 0. The van der Waals surface area contributed by atoms with Gasteiger partial charge in [0.05, 0.1) is 0 Å². The molecular formula is C7H15F3NO5P. The Hall–Kier alpha value is -0.790. The van der Waals surface area contributed by atoms with Gasteiger partial charge in [0.1, 0.15) is 0 Å². The molecule has 1 amide bonds. The second kappa shape index (κ2) is 6.83.